The molecule has 0 spiro atoms. The van der Waals surface area contributed by atoms with Crippen molar-refractivity contribution >= 4 is 7.82 Å². The number of quaternary nitrogens is 1. The first kappa shape index (κ1) is 19.3. The lowest BCUT2D eigenvalue weighted by Gasteiger charge is -2.21. The van der Waals surface area contributed by atoms with E-state index in [0.717, 1.165) is 11.0 Å². The molecule has 9 heteroatoms. The van der Waals surface area contributed by atoms with E-state index in [1.807, 2.05) is 0 Å². The van der Waals surface area contributed by atoms with Crippen molar-refractivity contribution in [2.24, 2.45) is 0 Å². The molecule has 0 aromatic carbocycles. The van der Waals surface area contributed by atoms with Crippen LogP contribution in [0.3, 0.4) is 0 Å². The predicted molar refractivity (Wildman–Crippen MR) is 61.1 cm³/mol. The van der Waals surface area contributed by atoms with E-state index in [9.17, 15) is 4.57 Å². The number of aliphatic hydroxyl groups excluding tert-OH is 3. The highest BCUT2D eigenvalue weighted by atomic mass is 31.2. The highest BCUT2D eigenvalue weighted by Crippen LogP contribution is 2.37. The second-order valence-corrected chi connectivity index (χ2v) is 5.51. The smallest absolute Gasteiger partial charge is 0.394 e. The van der Waals surface area contributed by atoms with E-state index in [2.05, 4.69) is 25.7 Å². The number of likely N-dealkylation sites (N-methyl/N-ethyl adjacent to an activating group) is 1. The number of nitrogens with zero attached hydrogens (tertiary/aromatic N) is 1. The van der Waals surface area contributed by atoms with Gasteiger partial charge in [-0.25, -0.2) is 4.57 Å². The fourth-order valence-corrected chi connectivity index (χ4v) is 1.14. The summed E-state index contributed by atoms with van der Waals surface area (Å²) in [6, 6.07) is 0. The minimum Gasteiger partial charge on any atom is -0.394 e. The number of hydrogen-bond donors (Lipinski definition) is 5. The van der Waals surface area contributed by atoms with E-state index >= 15 is 0 Å². The van der Waals surface area contributed by atoms with Crippen LogP contribution in [0.4, 0.5) is 0 Å². The Balaban J connectivity index is 0. The molecule has 17 heavy (non-hydrogen) atoms. The average Bonchev–Trinajstić information content (AvgIpc) is 2.11. The Labute approximate surface area is 101 Å². The lowest BCUT2D eigenvalue weighted by atomic mass is 10.4. The van der Waals surface area contributed by atoms with Gasteiger partial charge in [0.2, 0.25) is 0 Å². The molecule has 0 aromatic heterocycles. The molecule has 0 saturated carbocycles. The molecule has 0 fully saturated rings. The number of phosphoric acid groups is 1. The average molecular weight is 276 g/mol. The highest BCUT2D eigenvalue weighted by Gasteiger charge is 2.20. The van der Waals surface area contributed by atoms with Crippen molar-refractivity contribution in [3.05, 3.63) is 0 Å². The maximum atomic E-state index is 10.0. The van der Waals surface area contributed by atoms with Crippen LogP contribution >= 0.6 is 7.82 Å². The molecule has 0 aromatic rings. The maximum absolute atomic E-state index is 10.0. The fraction of sp³-hybridized carbons (Fsp3) is 1.00. The van der Waals surface area contributed by atoms with Crippen molar-refractivity contribution in [1.29, 1.82) is 0 Å². The molecule has 0 aliphatic carbocycles. The van der Waals surface area contributed by atoms with Crippen LogP contribution in [0.25, 0.3) is 0 Å². The van der Waals surface area contributed by atoms with Gasteiger partial charge in [0.05, 0.1) is 41.0 Å². The van der Waals surface area contributed by atoms with Gasteiger partial charge in [0.1, 0.15) is 12.6 Å². The Bertz CT molecular complexity index is 220. The van der Waals surface area contributed by atoms with Gasteiger partial charge in [-0.1, -0.05) is 0 Å². The molecule has 0 aliphatic heterocycles. The van der Waals surface area contributed by atoms with Crippen LogP contribution in [0.15, 0.2) is 0 Å². The predicted octanol–water partition coefficient (Wildman–Crippen LogP) is -1.87. The van der Waals surface area contributed by atoms with Gasteiger partial charge in [-0.2, -0.15) is 0 Å². The number of phosphoric ester groups is 1. The summed E-state index contributed by atoms with van der Waals surface area (Å²) in [6.07, 6.45) is -1.21. The van der Waals surface area contributed by atoms with Gasteiger partial charge in [-0.15, -0.1) is 0 Å². The fourth-order valence-electron chi connectivity index (χ4n) is 0.619. The molecule has 0 heterocycles. The van der Waals surface area contributed by atoms with Crippen LogP contribution in [0.2, 0.25) is 0 Å². The summed E-state index contributed by atoms with van der Waals surface area (Å²) < 4.78 is 14.8. The highest BCUT2D eigenvalue weighted by molar-refractivity contribution is 7.46. The quantitative estimate of drug-likeness (QED) is 0.284. The first-order valence-corrected chi connectivity index (χ1v) is 6.45. The van der Waals surface area contributed by atoms with Gasteiger partial charge in [0.15, 0.2) is 0 Å². The SMILES string of the molecule is C[N+](C)(C)CCO.O=P(O)(O)OC(CO)CO. The third-order valence-corrected chi connectivity index (χ3v) is 2.04. The van der Waals surface area contributed by atoms with Crippen LogP contribution in [0, 0.1) is 0 Å². The van der Waals surface area contributed by atoms with Crippen LogP contribution in [0.1, 0.15) is 0 Å². The monoisotopic (exact) mass is 276 g/mol. The Morgan fingerprint density at radius 1 is 1.12 bits per heavy atom. The van der Waals surface area contributed by atoms with Gasteiger partial charge in [-0.3, -0.25) is 4.52 Å². The molecular weight excluding hydrogens is 253 g/mol. The minimum absolute atomic E-state index is 0.281. The van der Waals surface area contributed by atoms with E-state index in [4.69, 9.17) is 25.1 Å². The molecule has 0 atom stereocenters. The molecule has 0 aliphatic rings. The molecule has 106 valence electrons. The summed E-state index contributed by atoms with van der Waals surface area (Å²) in [5.41, 5.74) is 0. The van der Waals surface area contributed by atoms with Crippen molar-refractivity contribution in [2.45, 2.75) is 6.10 Å². The number of hydrogen-bond acceptors (Lipinski definition) is 5. The zero-order chi connectivity index (χ0) is 14.1. The maximum Gasteiger partial charge on any atom is 0.470 e. The first-order chi connectivity index (χ1) is 7.55. The van der Waals surface area contributed by atoms with Crippen molar-refractivity contribution < 1.29 is 38.7 Å². The largest absolute Gasteiger partial charge is 0.470 e. The Hall–Kier alpha value is -0.0500. The Morgan fingerprint density at radius 3 is 1.59 bits per heavy atom. The molecular formula is C8H23NO7P+. The van der Waals surface area contributed by atoms with Crippen LogP contribution in [-0.2, 0) is 9.09 Å². The Morgan fingerprint density at radius 2 is 1.53 bits per heavy atom. The molecule has 0 saturated heterocycles. The van der Waals surface area contributed by atoms with Crippen molar-refractivity contribution in [3.63, 3.8) is 0 Å². The molecule has 8 nitrogen and oxygen atoms in total. The van der Waals surface area contributed by atoms with Crippen LogP contribution in [0.5, 0.6) is 0 Å². The number of aliphatic hydroxyl groups is 3. The molecule has 0 amide bonds. The Kier molecular flexibility index (Phi) is 10.2. The molecule has 0 rings (SSSR count). The molecule has 5 N–H and O–H groups in total. The van der Waals surface area contributed by atoms with E-state index in [1.54, 1.807) is 0 Å². The second kappa shape index (κ2) is 8.96. The van der Waals surface area contributed by atoms with Crippen LogP contribution in [-0.4, -0.2) is 83.2 Å². The normalized spacial score (nSPS) is 12.3. The summed E-state index contributed by atoms with van der Waals surface area (Å²) in [4.78, 5) is 16.2. The van der Waals surface area contributed by atoms with Crippen molar-refractivity contribution in [1.82, 2.24) is 0 Å². The topological polar surface area (TPSA) is 127 Å². The summed E-state index contributed by atoms with van der Waals surface area (Å²) in [7, 11) is 1.58. The lowest BCUT2D eigenvalue weighted by Crippen LogP contribution is -2.36. The molecule has 0 radical (unpaired) electrons. The van der Waals surface area contributed by atoms with Gasteiger partial charge in [-0.05, 0) is 0 Å². The second-order valence-electron chi connectivity index (χ2n) is 4.32. The van der Waals surface area contributed by atoms with Gasteiger partial charge in [0.25, 0.3) is 0 Å². The van der Waals surface area contributed by atoms with Crippen molar-refractivity contribution in [2.75, 3.05) is 47.5 Å². The van der Waals surface area contributed by atoms with Gasteiger partial charge >= 0.3 is 7.82 Å². The zero-order valence-corrected chi connectivity index (χ0v) is 11.2. The third-order valence-electron chi connectivity index (χ3n) is 1.46. The van der Waals surface area contributed by atoms with Crippen molar-refractivity contribution in [3.8, 4) is 0 Å². The zero-order valence-electron chi connectivity index (χ0n) is 10.4. The summed E-state index contributed by atoms with van der Waals surface area (Å²) in [5.74, 6) is 0. The third kappa shape index (κ3) is 18.5. The van der Waals surface area contributed by atoms with Gasteiger partial charge < -0.3 is 29.6 Å². The summed E-state index contributed by atoms with van der Waals surface area (Å²) in [5, 5.41) is 24.9. The lowest BCUT2D eigenvalue weighted by molar-refractivity contribution is -0.870. The number of rotatable bonds is 6. The van der Waals surface area contributed by atoms with E-state index in [1.165, 1.54) is 0 Å². The summed E-state index contributed by atoms with van der Waals surface area (Å²) in [6.45, 7) is -0.132. The summed E-state index contributed by atoms with van der Waals surface area (Å²) >= 11 is 0. The molecule has 0 unspecified atom stereocenters. The van der Waals surface area contributed by atoms with Crippen LogP contribution < -0.4 is 0 Å². The minimum atomic E-state index is -4.57. The molecule has 0 bridgehead atoms. The van der Waals surface area contributed by atoms with E-state index in [0.29, 0.717) is 0 Å². The first-order valence-electron chi connectivity index (χ1n) is 4.92. The van der Waals surface area contributed by atoms with E-state index in [-0.39, 0.29) is 6.61 Å². The van der Waals surface area contributed by atoms with E-state index < -0.39 is 27.1 Å². The van der Waals surface area contributed by atoms with Gasteiger partial charge in [0, 0.05) is 0 Å². The standard InChI is InChI=1S/C5H14NO.C3H9O6P/c1-6(2,3)4-5-7;4-1-3(2-5)9-10(6,7)8/h7H,4-5H2,1-3H3;3-5H,1-2H2,(H2,6,7,8)/q+1;.